The number of amides is 2. The van der Waals surface area contributed by atoms with Gasteiger partial charge >= 0.3 is 6.03 Å². The van der Waals surface area contributed by atoms with Gasteiger partial charge in [-0.3, -0.25) is 0 Å². The van der Waals surface area contributed by atoms with Gasteiger partial charge in [0.25, 0.3) is 0 Å². The molecule has 6 heteroatoms. The van der Waals surface area contributed by atoms with E-state index in [9.17, 15) is 19.6 Å². The SMILES string of the molecule is N#C[C@H]1[C@@H](c2ccc(C#CC3CCCCC3)cc2)[C@@H](CO)N1C(=O)Nc1ccc(F)cc1. The maximum absolute atomic E-state index is 13.1. The maximum Gasteiger partial charge on any atom is 0.323 e. The maximum atomic E-state index is 13.1. The van der Waals surface area contributed by atoms with Crippen LogP contribution in [0.25, 0.3) is 0 Å². The fourth-order valence-corrected chi connectivity index (χ4v) is 4.63. The summed E-state index contributed by atoms with van der Waals surface area (Å²) in [7, 11) is 0. The van der Waals surface area contributed by atoms with Gasteiger partial charge in [0.15, 0.2) is 0 Å². The molecule has 2 fully saturated rings. The number of rotatable bonds is 3. The minimum absolute atomic E-state index is 0.261. The molecule has 0 unspecified atom stereocenters. The molecule has 3 atom stereocenters. The molecule has 2 aliphatic rings. The molecule has 0 aromatic heterocycles. The van der Waals surface area contributed by atoms with E-state index in [1.54, 1.807) is 0 Å². The number of halogens is 1. The van der Waals surface area contributed by atoms with Crippen molar-refractivity contribution in [3.63, 3.8) is 0 Å². The molecule has 0 spiro atoms. The van der Waals surface area contributed by atoms with Crippen LogP contribution >= 0.6 is 0 Å². The van der Waals surface area contributed by atoms with Crippen LogP contribution in [0, 0.1) is 34.9 Å². The van der Waals surface area contributed by atoms with Crippen molar-refractivity contribution in [2.24, 2.45) is 5.92 Å². The molecule has 0 radical (unpaired) electrons. The van der Waals surface area contributed by atoms with Crippen LogP contribution in [0.5, 0.6) is 0 Å². The Hall–Kier alpha value is -3.35. The number of carbonyl (C=O) groups is 1. The van der Waals surface area contributed by atoms with Gasteiger partial charge in [-0.25, -0.2) is 9.18 Å². The van der Waals surface area contributed by atoms with Gasteiger partial charge < -0.3 is 15.3 Å². The molecule has 1 saturated carbocycles. The molecule has 1 aliphatic heterocycles. The molecule has 2 N–H and O–H groups in total. The third kappa shape index (κ3) is 4.61. The number of anilines is 1. The van der Waals surface area contributed by atoms with Gasteiger partial charge in [0.05, 0.1) is 18.7 Å². The summed E-state index contributed by atoms with van der Waals surface area (Å²) >= 11 is 0. The molecule has 1 heterocycles. The summed E-state index contributed by atoms with van der Waals surface area (Å²) in [6.07, 6.45) is 6.15. The number of aliphatic hydroxyl groups is 1. The Balaban J connectivity index is 1.45. The Labute approximate surface area is 187 Å². The van der Waals surface area contributed by atoms with E-state index in [0.29, 0.717) is 11.6 Å². The Morgan fingerprint density at radius 1 is 1.09 bits per heavy atom. The summed E-state index contributed by atoms with van der Waals surface area (Å²) < 4.78 is 13.1. The Bertz CT molecular complexity index is 1040. The summed E-state index contributed by atoms with van der Waals surface area (Å²) in [5, 5.41) is 22.3. The average Bonchev–Trinajstić information content (AvgIpc) is 2.80. The van der Waals surface area contributed by atoms with E-state index in [1.165, 1.54) is 61.3 Å². The number of likely N-dealkylation sites (tertiary alicyclic amines) is 1. The van der Waals surface area contributed by atoms with Crippen molar-refractivity contribution in [2.75, 3.05) is 11.9 Å². The van der Waals surface area contributed by atoms with Gasteiger partial charge in [0.2, 0.25) is 0 Å². The number of nitrogens with zero attached hydrogens (tertiary/aromatic N) is 2. The van der Waals surface area contributed by atoms with E-state index >= 15 is 0 Å². The molecule has 2 amide bonds. The Kier molecular flexibility index (Phi) is 6.73. The lowest BCUT2D eigenvalue weighted by molar-refractivity contribution is 0.0224. The highest BCUT2D eigenvalue weighted by atomic mass is 19.1. The zero-order chi connectivity index (χ0) is 22.5. The highest BCUT2D eigenvalue weighted by molar-refractivity contribution is 5.91. The van der Waals surface area contributed by atoms with Crippen LogP contribution in [0.15, 0.2) is 48.5 Å². The van der Waals surface area contributed by atoms with E-state index in [1.807, 2.05) is 24.3 Å². The van der Waals surface area contributed by atoms with Gasteiger partial charge in [-0.15, -0.1) is 0 Å². The number of urea groups is 1. The van der Waals surface area contributed by atoms with Gasteiger partial charge in [-0.05, 0) is 54.8 Å². The second-order valence-corrected chi connectivity index (χ2v) is 8.42. The van der Waals surface area contributed by atoms with E-state index in [4.69, 9.17) is 0 Å². The van der Waals surface area contributed by atoms with E-state index in [2.05, 4.69) is 23.2 Å². The van der Waals surface area contributed by atoms with Crippen molar-refractivity contribution in [1.29, 1.82) is 5.26 Å². The molecule has 4 rings (SSSR count). The molecule has 1 aliphatic carbocycles. The third-order valence-corrected chi connectivity index (χ3v) is 6.38. The molecule has 0 bridgehead atoms. The monoisotopic (exact) mass is 431 g/mol. The predicted octanol–water partition coefficient (Wildman–Crippen LogP) is 4.64. The number of hydrogen-bond donors (Lipinski definition) is 2. The number of nitrogens with one attached hydrogen (secondary N) is 1. The molecule has 32 heavy (non-hydrogen) atoms. The van der Waals surface area contributed by atoms with Gasteiger partial charge in [0.1, 0.15) is 11.9 Å². The van der Waals surface area contributed by atoms with Gasteiger partial charge in [-0.2, -0.15) is 5.26 Å². The summed E-state index contributed by atoms with van der Waals surface area (Å²) in [4.78, 5) is 14.1. The lowest BCUT2D eigenvalue weighted by Crippen LogP contribution is -2.66. The minimum atomic E-state index is -0.702. The van der Waals surface area contributed by atoms with Crippen molar-refractivity contribution in [3.05, 3.63) is 65.5 Å². The first kappa shape index (κ1) is 21.9. The number of benzene rings is 2. The molecule has 1 saturated heterocycles. The standard InChI is InChI=1S/C26H26FN3O2/c27-21-12-14-22(15-13-21)29-26(32)30-23(16-28)25(24(30)17-31)20-10-8-19(9-11-20)7-6-18-4-2-1-3-5-18/h8-15,18,23-25,31H,1-5,17H2,(H,29,32)/t23-,24+,25+/m0/s1. The molecule has 2 aromatic carbocycles. The predicted molar refractivity (Wildman–Crippen MR) is 120 cm³/mol. The highest BCUT2D eigenvalue weighted by Crippen LogP contribution is 2.40. The summed E-state index contributed by atoms with van der Waals surface area (Å²) in [6.45, 7) is -0.261. The van der Waals surface area contributed by atoms with Crippen molar-refractivity contribution in [1.82, 2.24) is 4.90 Å². The fourth-order valence-electron chi connectivity index (χ4n) is 4.63. The lowest BCUT2D eigenvalue weighted by Gasteiger charge is -2.51. The van der Waals surface area contributed by atoms with E-state index in [-0.39, 0.29) is 12.5 Å². The number of nitriles is 1. The summed E-state index contributed by atoms with van der Waals surface area (Å²) in [6, 6.07) is 13.6. The van der Waals surface area contributed by atoms with Crippen LogP contribution in [0.1, 0.15) is 49.1 Å². The Morgan fingerprint density at radius 2 is 1.78 bits per heavy atom. The van der Waals surface area contributed by atoms with Crippen LogP contribution < -0.4 is 5.32 Å². The fraction of sp³-hybridized carbons (Fsp3) is 0.385. The second-order valence-electron chi connectivity index (χ2n) is 8.42. The normalized spacial score (nSPS) is 22.8. The summed E-state index contributed by atoms with van der Waals surface area (Å²) in [5.74, 6) is 6.42. The molecular formula is C26H26FN3O2. The van der Waals surface area contributed by atoms with Gasteiger partial charge in [-0.1, -0.05) is 43.2 Å². The number of hydrogen-bond acceptors (Lipinski definition) is 3. The smallest absolute Gasteiger partial charge is 0.323 e. The number of carbonyl (C=O) groups excluding carboxylic acids is 1. The molecule has 2 aromatic rings. The Morgan fingerprint density at radius 3 is 2.41 bits per heavy atom. The second kappa shape index (κ2) is 9.85. The van der Waals surface area contributed by atoms with Crippen LogP contribution in [0.3, 0.4) is 0 Å². The molecule has 164 valence electrons. The van der Waals surface area contributed by atoms with Crippen LogP contribution in [-0.2, 0) is 0 Å². The zero-order valence-electron chi connectivity index (χ0n) is 17.8. The molecule has 5 nitrogen and oxygen atoms in total. The number of aliphatic hydroxyl groups excluding tert-OH is 1. The zero-order valence-corrected chi connectivity index (χ0v) is 17.8. The van der Waals surface area contributed by atoms with E-state index in [0.717, 1.165) is 11.1 Å². The van der Waals surface area contributed by atoms with Crippen molar-refractivity contribution in [2.45, 2.75) is 50.1 Å². The van der Waals surface area contributed by atoms with Crippen LogP contribution in [0.2, 0.25) is 0 Å². The van der Waals surface area contributed by atoms with Gasteiger partial charge in [0, 0.05) is 23.1 Å². The van der Waals surface area contributed by atoms with Crippen LogP contribution in [0.4, 0.5) is 14.9 Å². The largest absolute Gasteiger partial charge is 0.394 e. The first-order valence-electron chi connectivity index (χ1n) is 11.1. The lowest BCUT2D eigenvalue weighted by atomic mass is 9.76. The third-order valence-electron chi connectivity index (χ3n) is 6.38. The van der Waals surface area contributed by atoms with E-state index < -0.39 is 23.9 Å². The summed E-state index contributed by atoms with van der Waals surface area (Å²) in [5.41, 5.74) is 2.25. The quantitative estimate of drug-likeness (QED) is 0.695. The average molecular weight is 432 g/mol. The minimum Gasteiger partial charge on any atom is -0.394 e. The first-order valence-corrected chi connectivity index (χ1v) is 11.1. The van der Waals surface area contributed by atoms with Crippen molar-refractivity contribution >= 4 is 11.7 Å². The van der Waals surface area contributed by atoms with Crippen molar-refractivity contribution < 1.29 is 14.3 Å². The molecular weight excluding hydrogens is 405 g/mol. The topological polar surface area (TPSA) is 76.4 Å². The van der Waals surface area contributed by atoms with Crippen molar-refractivity contribution in [3.8, 4) is 17.9 Å². The highest BCUT2D eigenvalue weighted by Gasteiger charge is 2.51. The first-order chi connectivity index (χ1) is 15.6. The van der Waals surface area contributed by atoms with Crippen LogP contribution in [-0.4, -0.2) is 34.7 Å².